The van der Waals surface area contributed by atoms with Gasteiger partial charge in [0.05, 0.1) is 40.6 Å². The van der Waals surface area contributed by atoms with Crippen LogP contribution in [0.3, 0.4) is 0 Å². The number of phenols is 2. The molecule has 2 aromatic carbocycles. The van der Waals surface area contributed by atoms with Crippen molar-refractivity contribution in [1.82, 2.24) is 0 Å². The second-order valence-corrected chi connectivity index (χ2v) is 6.59. The van der Waals surface area contributed by atoms with E-state index in [-0.39, 0.29) is 23.7 Å². The highest BCUT2D eigenvalue weighted by Crippen LogP contribution is 2.56. The molecular formula is C20H22O7. The summed E-state index contributed by atoms with van der Waals surface area (Å²) in [5.41, 5.74) is 3.60. The molecule has 0 amide bonds. The Morgan fingerprint density at radius 1 is 0.741 bits per heavy atom. The summed E-state index contributed by atoms with van der Waals surface area (Å²) in [5.74, 6) is 1.38. The predicted octanol–water partition coefficient (Wildman–Crippen LogP) is 3.04. The lowest BCUT2D eigenvalue weighted by molar-refractivity contribution is -0.0420. The van der Waals surface area contributed by atoms with Crippen LogP contribution in [-0.2, 0) is 17.6 Å². The van der Waals surface area contributed by atoms with Gasteiger partial charge in [-0.2, -0.15) is 0 Å². The summed E-state index contributed by atoms with van der Waals surface area (Å²) < 4.78 is 27.8. The molecule has 27 heavy (non-hydrogen) atoms. The lowest BCUT2D eigenvalue weighted by Gasteiger charge is -2.39. The zero-order valence-corrected chi connectivity index (χ0v) is 15.7. The average Bonchev–Trinajstić information content (AvgIpc) is 2.68. The van der Waals surface area contributed by atoms with Crippen molar-refractivity contribution in [3.63, 3.8) is 0 Å². The second kappa shape index (κ2) is 6.42. The van der Waals surface area contributed by atoms with Gasteiger partial charge in [-0.15, -0.1) is 0 Å². The summed E-state index contributed by atoms with van der Waals surface area (Å²) in [6, 6.07) is 3.63. The van der Waals surface area contributed by atoms with Crippen LogP contribution in [-0.4, -0.2) is 38.7 Å². The van der Waals surface area contributed by atoms with E-state index >= 15 is 0 Å². The minimum Gasteiger partial charge on any atom is -0.502 e. The lowest BCUT2D eigenvalue weighted by atomic mass is 9.81. The summed E-state index contributed by atoms with van der Waals surface area (Å²) in [6.07, 6.45) is 0.482. The Hall–Kier alpha value is -2.80. The fourth-order valence-corrected chi connectivity index (χ4v) is 4.18. The normalized spacial score (nSPS) is 19.7. The van der Waals surface area contributed by atoms with E-state index in [0.29, 0.717) is 35.8 Å². The quantitative estimate of drug-likeness (QED) is 0.851. The maximum absolute atomic E-state index is 10.5. The zero-order chi connectivity index (χ0) is 19.3. The molecule has 2 atom stereocenters. The van der Waals surface area contributed by atoms with Crippen molar-refractivity contribution < 1.29 is 33.9 Å². The van der Waals surface area contributed by atoms with Crippen LogP contribution >= 0.6 is 0 Å². The molecule has 0 spiro atoms. The third kappa shape index (κ3) is 2.45. The zero-order valence-electron chi connectivity index (χ0n) is 15.7. The van der Waals surface area contributed by atoms with Gasteiger partial charge in [0.15, 0.2) is 23.0 Å². The number of hydrogen-bond acceptors (Lipinski definition) is 7. The third-order valence-electron chi connectivity index (χ3n) is 5.32. The van der Waals surface area contributed by atoms with E-state index in [1.807, 2.05) is 12.1 Å². The van der Waals surface area contributed by atoms with E-state index in [4.69, 9.17) is 23.7 Å². The Bertz CT molecular complexity index is 833. The highest BCUT2D eigenvalue weighted by atomic mass is 16.5. The Morgan fingerprint density at radius 3 is 1.48 bits per heavy atom. The van der Waals surface area contributed by atoms with Crippen LogP contribution in [0.15, 0.2) is 12.1 Å². The van der Waals surface area contributed by atoms with Gasteiger partial charge < -0.3 is 33.9 Å². The number of methoxy groups -OCH3 is 4. The lowest BCUT2D eigenvalue weighted by Crippen LogP contribution is -2.28. The smallest absolute Gasteiger partial charge is 0.201 e. The molecule has 7 heteroatoms. The van der Waals surface area contributed by atoms with Crippen molar-refractivity contribution in [1.29, 1.82) is 0 Å². The highest BCUT2D eigenvalue weighted by Gasteiger charge is 2.41. The Morgan fingerprint density at radius 2 is 1.15 bits per heavy atom. The summed E-state index contributed by atoms with van der Waals surface area (Å²) in [6.45, 7) is 0. The van der Waals surface area contributed by atoms with Crippen molar-refractivity contribution in [2.75, 3.05) is 28.4 Å². The van der Waals surface area contributed by atoms with Crippen LogP contribution < -0.4 is 18.9 Å². The number of aromatic hydroxyl groups is 2. The van der Waals surface area contributed by atoms with Crippen LogP contribution in [0.25, 0.3) is 0 Å². The molecule has 2 aliphatic rings. The third-order valence-corrected chi connectivity index (χ3v) is 5.32. The molecule has 2 aromatic rings. The van der Waals surface area contributed by atoms with Gasteiger partial charge in [-0.05, 0) is 23.3 Å². The standard InChI is InChI=1S/C20H22O7/c1-23-13-7-9-5-11-16-10(8-14(24-2)18(22)20(16)26-4)6-12(27-11)15(9)19(25-3)17(13)21/h7-8,11-12,21-22H,5-6H2,1-4H3/t11-,12-/m0/s1. The summed E-state index contributed by atoms with van der Waals surface area (Å²) in [5, 5.41) is 20.9. The van der Waals surface area contributed by atoms with E-state index in [1.165, 1.54) is 28.4 Å². The van der Waals surface area contributed by atoms with Gasteiger partial charge in [0, 0.05) is 24.0 Å². The van der Waals surface area contributed by atoms with Gasteiger partial charge in [0.1, 0.15) is 0 Å². The number of fused-ring (bicyclic) bond motifs is 6. The molecule has 0 aromatic heterocycles. The Kier molecular flexibility index (Phi) is 4.19. The molecule has 0 aliphatic carbocycles. The van der Waals surface area contributed by atoms with Crippen LogP contribution in [0.2, 0.25) is 0 Å². The molecule has 0 saturated heterocycles. The predicted molar refractivity (Wildman–Crippen MR) is 96.4 cm³/mol. The SMILES string of the molecule is COc1cc2c(c(OC)c1O)[C@@H]1Cc3cc(OC)c(O)c(OC)c3[C@H](C2)O1. The van der Waals surface area contributed by atoms with Crippen LogP contribution in [0.4, 0.5) is 0 Å². The molecule has 7 nitrogen and oxygen atoms in total. The number of phenolic OH excluding ortho intramolecular Hbond substituents is 2. The van der Waals surface area contributed by atoms with Gasteiger partial charge in [0.25, 0.3) is 0 Å². The Labute approximate surface area is 157 Å². The summed E-state index contributed by atoms with van der Waals surface area (Å²) in [4.78, 5) is 0. The summed E-state index contributed by atoms with van der Waals surface area (Å²) >= 11 is 0. The first-order valence-corrected chi connectivity index (χ1v) is 8.62. The molecule has 0 radical (unpaired) electrons. The molecule has 4 rings (SSSR count). The van der Waals surface area contributed by atoms with Crippen molar-refractivity contribution in [3.8, 4) is 34.5 Å². The van der Waals surface area contributed by atoms with E-state index in [2.05, 4.69) is 0 Å². The second-order valence-electron chi connectivity index (χ2n) is 6.59. The molecule has 2 bridgehead atoms. The van der Waals surface area contributed by atoms with E-state index in [9.17, 15) is 10.2 Å². The minimum atomic E-state index is -0.294. The van der Waals surface area contributed by atoms with Crippen LogP contribution in [0.5, 0.6) is 34.5 Å². The van der Waals surface area contributed by atoms with E-state index in [1.54, 1.807) is 0 Å². The van der Waals surface area contributed by atoms with Gasteiger partial charge in [-0.3, -0.25) is 0 Å². The summed E-state index contributed by atoms with van der Waals surface area (Å²) in [7, 11) is 6.04. The van der Waals surface area contributed by atoms with Crippen molar-refractivity contribution in [3.05, 3.63) is 34.4 Å². The molecule has 0 unspecified atom stereocenters. The first-order valence-electron chi connectivity index (χ1n) is 8.62. The van der Waals surface area contributed by atoms with Crippen LogP contribution in [0, 0.1) is 0 Å². The monoisotopic (exact) mass is 374 g/mol. The maximum atomic E-state index is 10.5. The van der Waals surface area contributed by atoms with Crippen molar-refractivity contribution in [2.24, 2.45) is 0 Å². The van der Waals surface area contributed by atoms with Crippen LogP contribution in [0.1, 0.15) is 34.5 Å². The Balaban J connectivity index is 1.90. The molecule has 0 fully saturated rings. The fourth-order valence-electron chi connectivity index (χ4n) is 4.18. The minimum absolute atomic E-state index is 0.0348. The van der Waals surface area contributed by atoms with Crippen molar-refractivity contribution in [2.45, 2.75) is 25.0 Å². The van der Waals surface area contributed by atoms with Crippen molar-refractivity contribution >= 4 is 0 Å². The van der Waals surface area contributed by atoms with Gasteiger partial charge in [0.2, 0.25) is 11.5 Å². The van der Waals surface area contributed by atoms with E-state index < -0.39 is 0 Å². The first kappa shape index (κ1) is 17.6. The molecular weight excluding hydrogens is 352 g/mol. The number of rotatable bonds is 4. The van der Waals surface area contributed by atoms with Gasteiger partial charge in [-0.25, -0.2) is 0 Å². The molecule has 2 aliphatic heterocycles. The number of hydrogen-bond donors (Lipinski definition) is 2. The molecule has 144 valence electrons. The topological polar surface area (TPSA) is 86.6 Å². The fraction of sp³-hybridized carbons (Fsp3) is 0.400. The van der Waals surface area contributed by atoms with Gasteiger partial charge >= 0.3 is 0 Å². The highest BCUT2D eigenvalue weighted by molar-refractivity contribution is 5.64. The number of ether oxygens (including phenoxy) is 5. The molecule has 2 N–H and O–H groups in total. The number of benzene rings is 2. The molecule has 2 heterocycles. The average molecular weight is 374 g/mol. The van der Waals surface area contributed by atoms with Gasteiger partial charge in [-0.1, -0.05) is 0 Å². The first-order chi connectivity index (χ1) is 13.0. The maximum Gasteiger partial charge on any atom is 0.201 e. The van der Waals surface area contributed by atoms with E-state index in [0.717, 1.165) is 22.3 Å². The largest absolute Gasteiger partial charge is 0.502 e. The molecule has 0 saturated carbocycles.